The molecule has 0 spiro atoms. The van der Waals surface area contributed by atoms with E-state index in [9.17, 15) is 4.79 Å². The number of aliphatic imine (C=N–C) groups is 1. The lowest BCUT2D eigenvalue weighted by Crippen LogP contribution is -2.17. The molecule has 3 heteroatoms. The van der Waals surface area contributed by atoms with Crippen molar-refractivity contribution in [1.82, 2.24) is 0 Å². The van der Waals surface area contributed by atoms with Crippen molar-refractivity contribution in [3.63, 3.8) is 0 Å². The van der Waals surface area contributed by atoms with Crippen LogP contribution >= 0.6 is 0 Å². The molecule has 0 atom stereocenters. The topological polar surface area (TPSA) is 38.7 Å². The van der Waals surface area contributed by atoms with Gasteiger partial charge in [0.05, 0.1) is 5.54 Å². The van der Waals surface area contributed by atoms with E-state index in [-0.39, 0.29) is 5.54 Å². The molecule has 0 N–H and O–H groups in total. The predicted octanol–water partition coefficient (Wildman–Crippen LogP) is 3.40. The number of hydrogen-bond acceptors (Lipinski definition) is 3. The molecule has 0 radical (unpaired) electrons. The van der Waals surface area contributed by atoms with Crippen LogP contribution < -0.4 is 0 Å². The SMILES string of the molecule is CCCCc1c(C=O)cccc1C1=NC(C)(C)CO1. The first-order valence-electron chi connectivity index (χ1n) is 6.87. The van der Waals surface area contributed by atoms with Crippen molar-refractivity contribution in [3.05, 3.63) is 34.9 Å². The molecular formula is C16H21NO2. The van der Waals surface area contributed by atoms with Crippen LogP contribution in [0.15, 0.2) is 23.2 Å². The van der Waals surface area contributed by atoms with Crippen LogP contribution in [0.3, 0.4) is 0 Å². The van der Waals surface area contributed by atoms with Gasteiger partial charge in [-0.15, -0.1) is 0 Å². The number of rotatable bonds is 5. The van der Waals surface area contributed by atoms with Crippen LogP contribution in [-0.4, -0.2) is 24.3 Å². The molecule has 3 nitrogen and oxygen atoms in total. The molecule has 0 unspecified atom stereocenters. The number of unbranched alkanes of at least 4 members (excludes halogenated alkanes) is 1. The summed E-state index contributed by atoms with van der Waals surface area (Å²) in [5.41, 5.74) is 2.62. The largest absolute Gasteiger partial charge is 0.475 e. The molecule has 0 aliphatic carbocycles. The number of nitrogens with zero attached hydrogens (tertiary/aromatic N) is 1. The molecule has 1 aliphatic rings. The molecule has 19 heavy (non-hydrogen) atoms. The van der Waals surface area contributed by atoms with Gasteiger partial charge >= 0.3 is 0 Å². The minimum absolute atomic E-state index is 0.172. The van der Waals surface area contributed by atoms with Crippen LogP contribution in [0.4, 0.5) is 0 Å². The quantitative estimate of drug-likeness (QED) is 0.760. The standard InChI is InChI=1S/C16H21NO2/c1-4-5-8-13-12(10-18)7-6-9-14(13)15-17-16(2,3)11-19-15/h6-7,9-10H,4-5,8,11H2,1-3H3. The Morgan fingerprint density at radius 3 is 2.79 bits per heavy atom. The number of hydrogen-bond donors (Lipinski definition) is 0. The van der Waals surface area contributed by atoms with Crippen LogP contribution in [0.1, 0.15) is 55.1 Å². The van der Waals surface area contributed by atoms with Gasteiger partial charge in [-0.05, 0) is 38.3 Å². The van der Waals surface area contributed by atoms with Crippen molar-refractivity contribution in [3.8, 4) is 0 Å². The van der Waals surface area contributed by atoms with E-state index in [1.807, 2.05) is 18.2 Å². The Labute approximate surface area is 114 Å². The van der Waals surface area contributed by atoms with Gasteiger partial charge in [0.25, 0.3) is 0 Å². The third kappa shape index (κ3) is 3.03. The summed E-state index contributed by atoms with van der Waals surface area (Å²) in [7, 11) is 0. The van der Waals surface area contributed by atoms with Gasteiger partial charge in [-0.1, -0.05) is 25.5 Å². The van der Waals surface area contributed by atoms with Crippen LogP contribution in [0.2, 0.25) is 0 Å². The Bertz CT molecular complexity index is 503. The summed E-state index contributed by atoms with van der Waals surface area (Å²) in [5.74, 6) is 0.680. The maximum Gasteiger partial charge on any atom is 0.217 e. The van der Waals surface area contributed by atoms with E-state index in [2.05, 4.69) is 25.8 Å². The minimum Gasteiger partial charge on any atom is -0.475 e. The summed E-state index contributed by atoms with van der Waals surface area (Å²) >= 11 is 0. The molecule has 0 fully saturated rings. The maximum atomic E-state index is 11.2. The van der Waals surface area contributed by atoms with Crippen LogP contribution in [0.25, 0.3) is 0 Å². The van der Waals surface area contributed by atoms with Crippen molar-refractivity contribution >= 4 is 12.2 Å². The molecule has 1 aliphatic heterocycles. The number of ether oxygens (including phenoxy) is 1. The summed E-state index contributed by atoms with van der Waals surface area (Å²) in [6.07, 6.45) is 3.98. The van der Waals surface area contributed by atoms with E-state index < -0.39 is 0 Å². The van der Waals surface area contributed by atoms with E-state index in [4.69, 9.17) is 4.74 Å². The number of carbonyl (C=O) groups is 1. The highest BCUT2D eigenvalue weighted by atomic mass is 16.5. The monoisotopic (exact) mass is 259 g/mol. The number of benzene rings is 1. The average molecular weight is 259 g/mol. The Kier molecular flexibility index (Phi) is 4.03. The molecular weight excluding hydrogens is 238 g/mol. The molecule has 0 aromatic heterocycles. The van der Waals surface area contributed by atoms with Crippen molar-refractivity contribution in [1.29, 1.82) is 0 Å². The van der Waals surface area contributed by atoms with E-state index in [0.717, 1.165) is 42.2 Å². The second-order valence-corrected chi connectivity index (χ2v) is 5.61. The third-order valence-corrected chi connectivity index (χ3v) is 3.32. The summed E-state index contributed by atoms with van der Waals surface area (Å²) in [6.45, 7) is 6.85. The first-order chi connectivity index (χ1) is 9.07. The maximum absolute atomic E-state index is 11.2. The zero-order valence-corrected chi connectivity index (χ0v) is 11.9. The smallest absolute Gasteiger partial charge is 0.217 e. The van der Waals surface area contributed by atoms with Crippen LogP contribution in [0.5, 0.6) is 0 Å². The van der Waals surface area contributed by atoms with Crippen molar-refractivity contribution in [2.24, 2.45) is 4.99 Å². The Morgan fingerprint density at radius 2 is 2.21 bits per heavy atom. The zero-order valence-electron chi connectivity index (χ0n) is 11.9. The molecule has 1 heterocycles. The van der Waals surface area contributed by atoms with Crippen LogP contribution in [0, 0.1) is 0 Å². The van der Waals surface area contributed by atoms with E-state index >= 15 is 0 Å². The lowest BCUT2D eigenvalue weighted by Gasteiger charge is -2.11. The van der Waals surface area contributed by atoms with E-state index in [1.165, 1.54) is 0 Å². The molecule has 0 amide bonds. The lowest BCUT2D eigenvalue weighted by molar-refractivity contribution is 0.112. The minimum atomic E-state index is -0.172. The first-order valence-corrected chi connectivity index (χ1v) is 6.87. The van der Waals surface area contributed by atoms with Gasteiger partial charge in [-0.25, -0.2) is 4.99 Å². The fraction of sp³-hybridized carbons (Fsp3) is 0.500. The van der Waals surface area contributed by atoms with Gasteiger partial charge in [0.1, 0.15) is 12.9 Å². The highest BCUT2D eigenvalue weighted by Gasteiger charge is 2.28. The molecule has 2 rings (SSSR count). The lowest BCUT2D eigenvalue weighted by atomic mass is 9.96. The summed E-state index contributed by atoms with van der Waals surface area (Å²) in [4.78, 5) is 15.8. The highest BCUT2D eigenvalue weighted by Crippen LogP contribution is 2.24. The van der Waals surface area contributed by atoms with E-state index in [0.29, 0.717) is 12.5 Å². The van der Waals surface area contributed by atoms with Crippen molar-refractivity contribution < 1.29 is 9.53 Å². The van der Waals surface area contributed by atoms with Gasteiger partial charge in [-0.2, -0.15) is 0 Å². The normalized spacial score (nSPS) is 16.9. The molecule has 102 valence electrons. The van der Waals surface area contributed by atoms with Gasteiger partial charge in [0, 0.05) is 11.1 Å². The molecule has 0 saturated heterocycles. The van der Waals surface area contributed by atoms with Gasteiger partial charge < -0.3 is 4.74 Å². The summed E-state index contributed by atoms with van der Waals surface area (Å²) in [5, 5.41) is 0. The number of carbonyl (C=O) groups excluding carboxylic acids is 1. The fourth-order valence-corrected chi connectivity index (χ4v) is 2.27. The summed E-state index contributed by atoms with van der Waals surface area (Å²) in [6, 6.07) is 5.76. The van der Waals surface area contributed by atoms with Gasteiger partial charge in [0.15, 0.2) is 0 Å². The number of aldehydes is 1. The molecule has 1 aromatic carbocycles. The summed E-state index contributed by atoms with van der Waals surface area (Å²) < 4.78 is 5.71. The van der Waals surface area contributed by atoms with E-state index in [1.54, 1.807) is 0 Å². The van der Waals surface area contributed by atoms with Crippen LogP contribution in [-0.2, 0) is 11.2 Å². The first kappa shape index (κ1) is 13.8. The Balaban J connectivity index is 2.42. The average Bonchev–Trinajstić information content (AvgIpc) is 2.76. The molecule has 0 bridgehead atoms. The zero-order chi connectivity index (χ0) is 13.9. The Morgan fingerprint density at radius 1 is 1.42 bits per heavy atom. The molecule has 1 aromatic rings. The molecule has 0 saturated carbocycles. The highest BCUT2D eigenvalue weighted by molar-refractivity contribution is 5.99. The van der Waals surface area contributed by atoms with Crippen molar-refractivity contribution in [2.45, 2.75) is 45.6 Å². The predicted molar refractivity (Wildman–Crippen MR) is 77.0 cm³/mol. The second kappa shape index (κ2) is 5.55. The Hall–Kier alpha value is -1.64. The van der Waals surface area contributed by atoms with Crippen molar-refractivity contribution in [2.75, 3.05) is 6.61 Å². The third-order valence-electron chi connectivity index (χ3n) is 3.32. The van der Waals surface area contributed by atoms with Gasteiger partial charge in [-0.3, -0.25) is 4.79 Å². The second-order valence-electron chi connectivity index (χ2n) is 5.61. The van der Waals surface area contributed by atoms with Gasteiger partial charge in [0.2, 0.25) is 5.90 Å². The fourth-order valence-electron chi connectivity index (χ4n) is 2.27.